The molecule has 1 aliphatic rings. The summed E-state index contributed by atoms with van der Waals surface area (Å²) in [6, 6.07) is 13.8. The van der Waals surface area contributed by atoms with Gasteiger partial charge in [-0.2, -0.15) is 0 Å². The van der Waals surface area contributed by atoms with Crippen molar-refractivity contribution >= 4 is 43.5 Å². The van der Waals surface area contributed by atoms with E-state index >= 15 is 0 Å². The van der Waals surface area contributed by atoms with Crippen molar-refractivity contribution in [3.05, 3.63) is 62.5 Å². The molecule has 0 aromatic heterocycles. The summed E-state index contributed by atoms with van der Waals surface area (Å²) in [7, 11) is 0. The smallest absolute Gasteiger partial charge is 0.259 e. The summed E-state index contributed by atoms with van der Waals surface area (Å²) in [6.07, 6.45) is 2.05. The first-order valence-corrected chi connectivity index (χ1v) is 8.10. The van der Waals surface area contributed by atoms with E-state index in [0.717, 1.165) is 34.0 Å². The predicted octanol–water partition coefficient (Wildman–Crippen LogP) is 4.80. The fourth-order valence-corrected chi connectivity index (χ4v) is 3.77. The first-order valence-electron chi connectivity index (χ1n) is 6.51. The van der Waals surface area contributed by atoms with E-state index in [2.05, 4.69) is 37.9 Å². The Balaban J connectivity index is 2.00. The molecule has 0 aliphatic carbocycles. The number of carbonyl (C=O) groups excluding carboxylic acids is 1. The van der Waals surface area contributed by atoms with Crippen LogP contribution in [0.4, 0.5) is 5.69 Å². The molecule has 2 nitrogen and oxygen atoms in total. The van der Waals surface area contributed by atoms with Crippen LogP contribution in [0.15, 0.2) is 51.4 Å². The molecule has 0 bridgehead atoms. The molecule has 1 aliphatic heterocycles. The number of benzene rings is 2. The molecule has 0 saturated heterocycles. The number of anilines is 1. The first-order chi connectivity index (χ1) is 9.66. The fraction of sp³-hybridized carbons (Fsp3) is 0.188. The molecule has 0 atom stereocenters. The molecular formula is C16H13Br2NO. The zero-order valence-corrected chi connectivity index (χ0v) is 13.9. The van der Waals surface area contributed by atoms with Crippen LogP contribution in [-0.2, 0) is 6.42 Å². The van der Waals surface area contributed by atoms with Crippen molar-refractivity contribution in [2.24, 2.45) is 0 Å². The molecule has 20 heavy (non-hydrogen) atoms. The number of amides is 1. The number of para-hydroxylation sites is 1. The topological polar surface area (TPSA) is 20.3 Å². The zero-order valence-electron chi connectivity index (χ0n) is 10.8. The summed E-state index contributed by atoms with van der Waals surface area (Å²) in [4.78, 5) is 14.7. The molecule has 0 fully saturated rings. The third-order valence-corrected chi connectivity index (χ3v) is 4.67. The Morgan fingerprint density at radius 1 is 1.10 bits per heavy atom. The number of rotatable bonds is 1. The highest BCUT2D eigenvalue weighted by molar-refractivity contribution is 9.11. The van der Waals surface area contributed by atoms with Gasteiger partial charge in [-0.3, -0.25) is 4.79 Å². The summed E-state index contributed by atoms with van der Waals surface area (Å²) >= 11 is 6.89. The highest BCUT2D eigenvalue weighted by Gasteiger charge is 2.24. The summed E-state index contributed by atoms with van der Waals surface area (Å²) < 4.78 is 1.78. The number of hydrogen-bond acceptors (Lipinski definition) is 1. The van der Waals surface area contributed by atoms with E-state index in [1.807, 2.05) is 41.3 Å². The van der Waals surface area contributed by atoms with Crippen molar-refractivity contribution in [2.45, 2.75) is 12.8 Å². The average molecular weight is 395 g/mol. The monoisotopic (exact) mass is 393 g/mol. The van der Waals surface area contributed by atoms with Crippen molar-refractivity contribution in [3.63, 3.8) is 0 Å². The maximum atomic E-state index is 12.8. The zero-order chi connectivity index (χ0) is 14.1. The standard InChI is InChI=1S/C16H13Br2NO/c17-12-7-8-13(14(18)10-12)16(20)19-9-3-5-11-4-1-2-6-15(11)19/h1-2,4,6-8,10H,3,5,9H2. The van der Waals surface area contributed by atoms with Crippen LogP contribution in [0.1, 0.15) is 22.3 Å². The second-order valence-electron chi connectivity index (χ2n) is 4.81. The van der Waals surface area contributed by atoms with E-state index in [9.17, 15) is 4.79 Å². The number of aryl methyl sites for hydroxylation is 1. The van der Waals surface area contributed by atoms with Gasteiger partial charge in [-0.05, 0) is 58.6 Å². The highest BCUT2D eigenvalue weighted by atomic mass is 79.9. The average Bonchev–Trinajstić information content (AvgIpc) is 2.46. The van der Waals surface area contributed by atoms with Gasteiger partial charge in [0.05, 0.1) is 5.56 Å². The number of halogens is 2. The number of fused-ring (bicyclic) bond motifs is 1. The molecule has 0 unspecified atom stereocenters. The van der Waals surface area contributed by atoms with E-state index in [1.165, 1.54) is 5.56 Å². The molecule has 3 rings (SSSR count). The van der Waals surface area contributed by atoms with Crippen molar-refractivity contribution in [2.75, 3.05) is 11.4 Å². The lowest BCUT2D eigenvalue weighted by Crippen LogP contribution is -2.35. The van der Waals surface area contributed by atoms with E-state index in [0.29, 0.717) is 5.56 Å². The summed E-state index contributed by atoms with van der Waals surface area (Å²) in [6.45, 7) is 0.776. The van der Waals surface area contributed by atoms with Crippen LogP contribution >= 0.6 is 31.9 Å². The Morgan fingerprint density at radius 3 is 2.70 bits per heavy atom. The summed E-state index contributed by atoms with van der Waals surface area (Å²) in [5, 5.41) is 0. The third-order valence-electron chi connectivity index (χ3n) is 3.52. The van der Waals surface area contributed by atoms with Crippen molar-refractivity contribution in [3.8, 4) is 0 Å². The van der Waals surface area contributed by atoms with Gasteiger partial charge in [0.15, 0.2) is 0 Å². The van der Waals surface area contributed by atoms with E-state index in [4.69, 9.17) is 0 Å². The van der Waals surface area contributed by atoms with E-state index in [-0.39, 0.29) is 5.91 Å². The predicted molar refractivity (Wildman–Crippen MR) is 88.3 cm³/mol. The van der Waals surface area contributed by atoms with Crippen LogP contribution in [0, 0.1) is 0 Å². The van der Waals surface area contributed by atoms with Crippen LogP contribution in [0.5, 0.6) is 0 Å². The lowest BCUT2D eigenvalue weighted by atomic mass is 10.0. The van der Waals surface area contributed by atoms with Crippen LogP contribution in [0.2, 0.25) is 0 Å². The van der Waals surface area contributed by atoms with Gasteiger partial charge in [-0.1, -0.05) is 34.1 Å². The fourth-order valence-electron chi connectivity index (χ4n) is 2.55. The Kier molecular flexibility index (Phi) is 3.94. The van der Waals surface area contributed by atoms with Gasteiger partial charge in [-0.15, -0.1) is 0 Å². The van der Waals surface area contributed by atoms with Gasteiger partial charge in [0.1, 0.15) is 0 Å². The minimum Gasteiger partial charge on any atom is -0.308 e. The molecule has 1 heterocycles. The van der Waals surface area contributed by atoms with Gasteiger partial charge >= 0.3 is 0 Å². The second-order valence-corrected chi connectivity index (χ2v) is 6.58. The molecule has 2 aromatic carbocycles. The SMILES string of the molecule is O=C(c1ccc(Br)cc1Br)N1CCCc2ccccc21. The van der Waals surface area contributed by atoms with E-state index in [1.54, 1.807) is 0 Å². The normalized spacial score (nSPS) is 14.0. The Bertz CT molecular complexity index is 669. The molecule has 2 aromatic rings. The van der Waals surface area contributed by atoms with Crippen LogP contribution in [0.25, 0.3) is 0 Å². The van der Waals surface area contributed by atoms with Crippen LogP contribution in [-0.4, -0.2) is 12.5 Å². The quantitative estimate of drug-likeness (QED) is 0.679. The maximum Gasteiger partial charge on any atom is 0.259 e. The molecule has 4 heteroatoms. The minimum absolute atomic E-state index is 0.0523. The number of carbonyl (C=O) groups is 1. The van der Waals surface area contributed by atoms with Gasteiger partial charge in [0.2, 0.25) is 0 Å². The third kappa shape index (κ3) is 2.54. The first kappa shape index (κ1) is 13.8. The maximum absolute atomic E-state index is 12.8. The van der Waals surface area contributed by atoms with Gasteiger partial charge in [0.25, 0.3) is 5.91 Å². The van der Waals surface area contributed by atoms with Crippen LogP contribution < -0.4 is 4.90 Å². The molecule has 102 valence electrons. The largest absolute Gasteiger partial charge is 0.308 e. The van der Waals surface area contributed by atoms with Crippen molar-refractivity contribution in [1.82, 2.24) is 0 Å². The molecule has 1 amide bonds. The number of hydrogen-bond donors (Lipinski definition) is 0. The highest BCUT2D eigenvalue weighted by Crippen LogP contribution is 2.30. The molecule has 0 spiro atoms. The molecule has 0 saturated carbocycles. The Morgan fingerprint density at radius 2 is 1.90 bits per heavy atom. The van der Waals surface area contributed by atoms with Crippen molar-refractivity contribution < 1.29 is 4.79 Å². The summed E-state index contributed by atoms with van der Waals surface area (Å²) in [5.74, 6) is 0.0523. The number of nitrogens with zero attached hydrogens (tertiary/aromatic N) is 1. The Labute approximate surface area is 135 Å². The van der Waals surface area contributed by atoms with Crippen LogP contribution in [0.3, 0.4) is 0 Å². The minimum atomic E-state index is 0.0523. The Hall–Kier alpha value is -1.13. The van der Waals surface area contributed by atoms with Gasteiger partial charge in [-0.25, -0.2) is 0 Å². The van der Waals surface area contributed by atoms with Crippen molar-refractivity contribution in [1.29, 1.82) is 0 Å². The summed E-state index contributed by atoms with van der Waals surface area (Å²) in [5.41, 5.74) is 2.99. The lowest BCUT2D eigenvalue weighted by Gasteiger charge is -2.29. The molecule has 0 N–H and O–H groups in total. The van der Waals surface area contributed by atoms with Gasteiger partial charge < -0.3 is 4.90 Å². The lowest BCUT2D eigenvalue weighted by molar-refractivity contribution is 0.0984. The second kappa shape index (κ2) is 5.70. The molecule has 0 radical (unpaired) electrons. The molecular weight excluding hydrogens is 382 g/mol. The van der Waals surface area contributed by atoms with Gasteiger partial charge in [0, 0.05) is 21.2 Å². The van der Waals surface area contributed by atoms with E-state index < -0.39 is 0 Å².